The topological polar surface area (TPSA) is 97.5 Å². The maximum absolute atomic E-state index is 12.2. The highest BCUT2D eigenvalue weighted by Gasteiger charge is 2.20. The second kappa shape index (κ2) is 5.69. The highest BCUT2D eigenvalue weighted by Crippen LogP contribution is 2.20. The van der Waals surface area contributed by atoms with Crippen molar-refractivity contribution < 1.29 is 22.8 Å². The second-order valence-electron chi connectivity index (χ2n) is 4.97. The molecule has 2 aromatic rings. The zero-order chi connectivity index (χ0) is 15.6. The highest BCUT2D eigenvalue weighted by atomic mass is 32.2. The molecule has 1 N–H and O–H groups in total. The summed E-state index contributed by atoms with van der Waals surface area (Å²) in [5.41, 5.74) is 0.733. The van der Waals surface area contributed by atoms with Gasteiger partial charge in [-0.05, 0) is 23.6 Å². The summed E-state index contributed by atoms with van der Waals surface area (Å²) >= 11 is 0. The maximum Gasteiger partial charge on any atom is 0.358 e. The number of aromatic nitrogens is 1. The van der Waals surface area contributed by atoms with Crippen LogP contribution >= 0.6 is 0 Å². The number of hydrogen-bond acceptors (Lipinski definition) is 5. The van der Waals surface area contributed by atoms with Crippen LogP contribution in [0.15, 0.2) is 39.8 Å². The minimum absolute atomic E-state index is 0.000311. The molecule has 0 saturated heterocycles. The third-order valence-electron chi connectivity index (χ3n) is 3.02. The third-order valence-corrected chi connectivity index (χ3v) is 4.67. The Morgan fingerprint density at radius 3 is 2.38 bits per heavy atom. The lowest BCUT2D eigenvalue weighted by Gasteiger charge is -2.07. The SMILES string of the molecule is CC(C)c1ccc(S(=O)(=O)Cc2cc(C(=O)O)no2)cc1. The van der Waals surface area contributed by atoms with Gasteiger partial charge in [0.1, 0.15) is 5.75 Å². The van der Waals surface area contributed by atoms with E-state index in [9.17, 15) is 13.2 Å². The first-order valence-corrected chi connectivity index (χ1v) is 7.96. The van der Waals surface area contributed by atoms with E-state index in [0.717, 1.165) is 11.6 Å². The van der Waals surface area contributed by atoms with E-state index in [1.807, 2.05) is 13.8 Å². The van der Waals surface area contributed by atoms with Crippen LogP contribution in [0.3, 0.4) is 0 Å². The number of nitrogens with zero attached hydrogens (tertiary/aromatic N) is 1. The molecule has 0 aliphatic carbocycles. The van der Waals surface area contributed by atoms with Gasteiger partial charge in [-0.15, -0.1) is 0 Å². The van der Waals surface area contributed by atoms with Crippen molar-refractivity contribution >= 4 is 15.8 Å². The molecule has 0 radical (unpaired) electrons. The Morgan fingerprint density at radius 1 is 1.29 bits per heavy atom. The lowest BCUT2D eigenvalue weighted by atomic mass is 10.0. The summed E-state index contributed by atoms with van der Waals surface area (Å²) in [4.78, 5) is 10.8. The number of carbonyl (C=O) groups is 1. The van der Waals surface area contributed by atoms with E-state index in [1.54, 1.807) is 24.3 Å². The number of hydrogen-bond donors (Lipinski definition) is 1. The van der Waals surface area contributed by atoms with Crippen molar-refractivity contribution in [3.05, 3.63) is 47.3 Å². The Labute approximate surface area is 122 Å². The average molecular weight is 309 g/mol. The molecule has 0 unspecified atom stereocenters. The quantitative estimate of drug-likeness (QED) is 0.911. The monoisotopic (exact) mass is 309 g/mol. The van der Waals surface area contributed by atoms with E-state index < -0.39 is 21.6 Å². The van der Waals surface area contributed by atoms with Gasteiger partial charge in [-0.25, -0.2) is 13.2 Å². The molecular formula is C14H15NO5S. The minimum Gasteiger partial charge on any atom is -0.476 e. The van der Waals surface area contributed by atoms with Crippen molar-refractivity contribution in [3.63, 3.8) is 0 Å². The molecule has 2 rings (SSSR count). The van der Waals surface area contributed by atoms with Crippen molar-refractivity contribution in [2.24, 2.45) is 0 Å². The Kier molecular flexibility index (Phi) is 4.13. The van der Waals surface area contributed by atoms with E-state index in [4.69, 9.17) is 9.63 Å². The maximum atomic E-state index is 12.2. The zero-order valence-electron chi connectivity index (χ0n) is 11.6. The summed E-state index contributed by atoms with van der Waals surface area (Å²) in [6, 6.07) is 7.72. The number of carboxylic acid groups (broad SMARTS) is 1. The van der Waals surface area contributed by atoms with Crippen LogP contribution in [0.2, 0.25) is 0 Å². The molecular weight excluding hydrogens is 294 g/mol. The molecule has 1 aromatic carbocycles. The van der Waals surface area contributed by atoms with E-state index in [1.165, 1.54) is 0 Å². The standard InChI is InChI=1S/C14H15NO5S/c1-9(2)10-3-5-12(6-4-10)21(18,19)8-11-7-13(14(16)17)15-20-11/h3-7,9H,8H2,1-2H3,(H,16,17). The fourth-order valence-corrected chi connectivity index (χ4v) is 3.04. The molecule has 112 valence electrons. The van der Waals surface area contributed by atoms with Gasteiger partial charge in [0, 0.05) is 6.07 Å². The van der Waals surface area contributed by atoms with Crippen molar-refractivity contribution in [1.29, 1.82) is 0 Å². The van der Waals surface area contributed by atoms with Crippen molar-refractivity contribution in [2.75, 3.05) is 0 Å². The molecule has 0 saturated carbocycles. The lowest BCUT2D eigenvalue weighted by Crippen LogP contribution is -2.04. The van der Waals surface area contributed by atoms with Gasteiger partial charge in [0.2, 0.25) is 0 Å². The van der Waals surface area contributed by atoms with Gasteiger partial charge in [0.15, 0.2) is 21.3 Å². The van der Waals surface area contributed by atoms with Crippen molar-refractivity contribution in [3.8, 4) is 0 Å². The lowest BCUT2D eigenvalue weighted by molar-refractivity contribution is 0.0685. The van der Waals surface area contributed by atoms with Crippen LogP contribution in [0.5, 0.6) is 0 Å². The van der Waals surface area contributed by atoms with Gasteiger partial charge in [-0.1, -0.05) is 31.1 Å². The van der Waals surface area contributed by atoms with E-state index in [0.29, 0.717) is 5.92 Å². The smallest absolute Gasteiger partial charge is 0.358 e. The normalized spacial score (nSPS) is 11.8. The van der Waals surface area contributed by atoms with E-state index in [-0.39, 0.29) is 16.3 Å². The Morgan fingerprint density at radius 2 is 1.90 bits per heavy atom. The number of aromatic carboxylic acids is 1. The van der Waals surface area contributed by atoms with E-state index in [2.05, 4.69) is 5.16 Å². The summed E-state index contributed by atoms with van der Waals surface area (Å²) in [6.07, 6.45) is 0. The third kappa shape index (κ3) is 3.49. The number of benzene rings is 1. The molecule has 6 nitrogen and oxygen atoms in total. The summed E-state index contributed by atoms with van der Waals surface area (Å²) in [5.74, 6) is -1.37. The molecule has 0 spiro atoms. The predicted molar refractivity (Wildman–Crippen MR) is 74.9 cm³/mol. The average Bonchev–Trinajstić information content (AvgIpc) is 2.87. The molecule has 1 heterocycles. The van der Waals surface area contributed by atoms with Crippen LogP contribution in [0, 0.1) is 0 Å². The Hall–Kier alpha value is -2.15. The van der Waals surface area contributed by atoms with Crippen molar-refractivity contribution in [1.82, 2.24) is 5.16 Å². The van der Waals surface area contributed by atoms with Gasteiger partial charge in [-0.3, -0.25) is 0 Å². The summed E-state index contributed by atoms with van der Waals surface area (Å²) in [5, 5.41) is 12.0. The number of rotatable bonds is 5. The van der Waals surface area contributed by atoms with Gasteiger partial charge in [0.05, 0.1) is 4.90 Å². The largest absolute Gasteiger partial charge is 0.476 e. The molecule has 0 amide bonds. The first kappa shape index (κ1) is 15.2. The predicted octanol–water partition coefficient (Wildman–Crippen LogP) is 2.47. The summed E-state index contributed by atoms with van der Waals surface area (Å²) < 4.78 is 29.2. The molecule has 0 aliphatic rings. The first-order valence-electron chi connectivity index (χ1n) is 6.31. The molecule has 0 fully saturated rings. The molecule has 1 aromatic heterocycles. The van der Waals surface area contributed by atoms with Gasteiger partial charge in [-0.2, -0.15) is 0 Å². The molecule has 7 heteroatoms. The van der Waals surface area contributed by atoms with Crippen LogP contribution in [0.25, 0.3) is 0 Å². The van der Waals surface area contributed by atoms with Crippen molar-refractivity contribution in [2.45, 2.75) is 30.4 Å². The fraction of sp³-hybridized carbons (Fsp3) is 0.286. The van der Waals surface area contributed by atoms with Gasteiger partial charge < -0.3 is 9.63 Å². The second-order valence-corrected chi connectivity index (χ2v) is 6.96. The van der Waals surface area contributed by atoms with Crippen LogP contribution in [-0.4, -0.2) is 24.7 Å². The van der Waals surface area contributed by atoms with E-state index >= 15 is 0 Å². The highest BCUT2D eigenvalue weighted by molar-refractivity contribution is 7.90. The summed E-state index contributed by atoms with van der Waals surface area (Å²) in [7, 11) is -3.59. The molecule has 0 bridgehead atoms. The Bertz CT molecular complexity index is 744. The van der Waals surface area contributed by atoms with Gasteiger partial charge >= 0.3 is 5.97 Å². The first-order chi connectivity index (χ1) is 9.79. The molecule has 21 heavy (non-hydrogen) atoms. The number of carboxylic acids is 1. The van der Waals surface area contributed by atoms with Crippen LogP contribution in [0.4, 0.5) is 0 Å². The molecule has 0 aliphatic heterocycles. The minimum atomic E-state index is -3.59. The van der Waals surface area contributed by atoms with Crippen LogP contribution in [0.1, 0.15) is 41.6 Å². The fourth-order valence-electron chi connectivity index (χ4n) is 1.81. The van der Waals surface area contributed by atoms with Crippen LogP contribution in [-0.2, 0) is 15.6 Å². The summed E-state index contributed by atoms with van der Waals surface area (Å²) in [6.45, 7) is 4.04. The molecule has 0 atom stereocenters. The van der Waals surface area contributed by atoms with Gasteiger partial charge in [0.25, 0.3) is 0 Å². The zero-order valence-corrected chi connectivity index (χ0v) is 12.4. The van der Waals surface area contributed by atoms with Crippen LogP contribution < -0.4 is 0 Å². The number of sulfone groups is 1. The Balaban J connectivity index is 2.22.